The Hall–Kier alpha value is -5.00. The number of amides is 5. The molecule has 0 radical (unpaired) electrons. The van der Waals surface area contributed by atoms with Crippen molar-refractivity contribution in [3.8, 4) is 11.8 Å². The smallest absolute Gasteiger partial charge is 0.329 e. The number of rotatable bonds is 6. The summed E-state index contributed by atoms with van der Waals surface area (Å²) in [6.07, 6.45) is 13.5. The van der Waals surface area contributed by atoms with E-state index >= 15 is 4.39 Å². The van der Waals surface area contributed by atoms with Crippen LogP contribution in [0.25, 0.3) is 5.65 Å². The number of imidazole rings is 1. The van der Waals surface area contributed by atoms with Crippen LogP contribution in [0.5, 0.6) is 0 Å². The van der Waals surface area contributed by atoms with Gasteiger partial charge in [-0.3, -0.25) is 34.3 Å². The molecule has 0 bridgehead atoms. The van der Waals surface area contributed by atoms with Gasteiger partial charge in [-0.25, -0.2) is 14.2 Å². The number of benzene rings is 2. The number of nitrogens with zero attached hydrogens (tertiary/aromatic N) is 4. The van der Waals surface area contributed by atoms with Crippen molar-refractivity contribution in [2.24, 2.45) is 11.8 Å². The number of aromatic nitrogens is 2. The van der Waals surface area contributed by atoms with Crippen molar-refractivity contribution in [1.29, 1.82) is 0 Å². The van der Waals surface area contributed by atoms with E-state index in [0.717, 1.165) is 88.5 Å². The number of hydrogen-bond acceptors (Lipinski definition) is 7. The first-order valence-electron chi connectivity index (χ1n) is 22.5. The maximum atomic E-state index is 16.3. The Bertz CT molecular complexity index is 2550. The van der Waals surface area contributed by atoms with Crippen LogP contribution in [0.1, 0.15) is 99.7 Å². The fourth-order valence-corrected chi connectivity index (χ4v) is 12.2. The third kappa shape index (κ3) is 7.37. The molecule has 12 nitrogen and oxygen atoms in total. The quantitative estimate of drug-likeness (QED) is 0.149. The van der Waals surface area contributed by atoms with E-state index in [0.29, 0.717) is 47.5 Å². The Morgan fingerprint density at radius 1 is 0.937 bits per heavy atom. The number of fused-ring (bicyclic) bond motifs is 4. The summed E-state index contributed by atoms with van der Waals surface area (Å²) < 4.78 is 18.2. The third-order valence-corrected chi connectivity index (χ3v) is 15.4. The van der Waals surface area contributed by atoms with E-state index in [4.69, 9.17) is 23.2 Å². The number of pyridine rings is 1. The van der Waals surface area contributed by atoms with Crippen molar-refractivity contribution in [2.75, 3.05) is 36.4 Å². The zero-order valence-corrected chi connectivity index (χ0v) is 36.5. The van der Waals surface area contributed by atoms with Crippen LogP contribution in [-0.2, 0) is 19.8 Å². The van der Waals surface area contributed by atoms with Crippen molar-refractivity contribution in [2.45, 2.75) is 106 Å². The van der Waals surface area contributed by atoms with Crippen LogP contribution in [0.4, 0.5) is 20.7 Å². The minimum Gasteiger partial charge on any atom is -0.352 e. The lowest BCUT2D eigenvalue weighted by atomic mass is 9.55. The van der Waals surface area contributed by atoms with Gasteiger partial charge < -0.3 is 15.5 Å². The lowest BCUT2D eigenvalue weighted by Crippen LogP contribution is -2.60. The van der Waals surface area contributed by atoms with Crippen molar-refractivity contribution in [3.05, 3.63) is 93.5 Å². The van der Waals surface area contributed by atoms with Gasteiger partial charge in [0.05, 0.1) is 22.8 Å². The molecule has 3 atom stereocenters. The van der Waals surface area contributed by atoms with Gasteiger partial charge in [-0.2, -0.15) is 0 Å². The van der Waals surface area contributed by atoms with E-state index in [9.17, 15) is 19.2 Å². The Kier molecular flexibility index (Phi) is 11.2. The zero-order chi connectivity index (χ0) is 43.5. The number of carbonyl (C=O) groups excluding carboxylic acids is 4. The molecule has 10 rings (SSSR count). The molecule has 4 aliphatic heterocycles. The van der Waals surface area contributed by atoms with E-state index in [1.165, 1.54) is 11.0 Å². The number of halogens is 3. The molecule has 6 aliphatic rings. The zero-order valence-electron chi connectivity index (χ0n) is 35.0. The van der Waals surface area contributed by atoms with E-state index in [2.05, 4.69) is 43.0 Å². The van der Waals surface area contributed by atoms with Crippen LogP contribution in [0, 0.1) is 29.5 Å². The molecule has 328 valence electrons. The largest absolute Gasteiger partial charge is 0.352 e. The van der Waals surface area contributed by atoms with Gasteiger partial charge in [0.2, 0.25) is 17.7 Å². The molecular formula is C48H51Cl2FN8O4. The molecule has 2 spiro atoms. The molecule has 2 saturated carbocycles. The highest BCUT2D eigenvalue weighted by Gasteiger charge is 2.72. The predicted molar refractivity (Wildman–Crippen MR) is 239 cm³/mol. The predicted octanol–water partition coefficient (Wildman–Crippen LogP) is 7.31. The summed E-state index contributed by atoms with van der Waals surface area (Å²) in [5.74, 6) is 6.09. The van der Waals surface area contributed by atoms with Gasteiger partial charge in [0.25, 0.3) is 0 Å². The summed E-state index contributed by atoms with van der Waals surface area (Å²) in [6, 6.07) is 12.8. The molecular weight excluding hydrogens is 842 g/mol. The summed E-state index contributed by atoms with van der Waals surface area (Å²) in [5.41, 5.74) is 1.06. The summed E-state index contributed by atoms with van der Waals surface area (Å²) in [7, 11) is 0. The van der Waals surface area contributed by atoms with Gasteiger partial charge in [-0.15, -0.1) is 0 Å². The fraction of sp³-hybridized carbons (Fsp3) is 0.479. The van der Waals surface area contributed by atoms with E-state index in [1.54, 1.807) is 30.5 Å². The highest BCUT2D eigenvalue weighted by Crippen LogP contribution is 2.63. The van der Waals surface area contributed by atoms with E-state index in [-0.39, 0.29) is 46.7 Å². The maximum Gasteiger partial charge on any atom is 0.329 e. The SMILES string of the molecule is O=C1CCN(c2cnc3c(C#CC4CCN(CC5CCC(NC(=O)[C@@H]6NC7(CCCCC7)[C@@]7(C(=O)Nc8cc(Cl)ccc87)[C@H]6c6cccc(Cl)c6F)CC5)CC4)cccn23)C(=O)N1. The molecule has 0 unspecified atom stereocenters. The number of piperidine rings is 1. The number of hydrogen-bond donors (Lipinski definition) is 4. The summed E-state index contributed by atoms with van der Waals surface area (Å²) in [4.78, 5) is 62.2. The monoisotopic (exact) mass is 892 g/mol. The Balaban J connectivity index is 0.783. The molecule has 6 heterocycles. The molecule has 2 aromatic heterocycles. The average Bonchev–Trinajstić information content (AvgIpc) is 3.93. The van der Waals surface area contributed by atoms with E-state index in [1.807, 2.05) is 28.8 Å². The number of urea groups is 1. The Morgan fingerprint density at radius 3 is 2.51 bits per heavy atom. The first-order valence-corrected chi connectivity index (χ1v) is 23.2. The van der Waals surface area contributed by atoms with Crippen LogP contribution in [0.3, 0.4) is 0 Å². The third-order valence-electron chi connectivity index (χ3n) is 14.9. The van der Waals surface area contributed by atoms with Crippen LogP contribution in [0.15, 0.2) is 60.9 Å². The van der Waals surface area contributed by atoms with Gasteiger partial charge in [-0.05, 0) is 112 Å². The molecule has 2 aromatic carbocycles. The van der Waals surface area contributed by atoms with Gasteiger partial charge in [0, 0.05) is 59.8 Å². The van der Waals surface area contributed by atoms with E-state index < -0.39 is 34.8 Å². The molecule has 63 heavy (non-hydrogen) atoms. The molecule has 15 heteroatoms. The van der Waals surface area contributed by atoms with Crippen molar-refractivity contribution in [3.63, 3.8) is 0 Å². The Labute approximate surface area is 376 Å². The number of carbonyl (C=O) groups is 4. The number of nitrogens with one attached hydrogen (secondary N) is 4. The summed E-state index contributed by atoms with van der Waals surface area (Å²) >= 11 is 12.9. The lowest BCUT2D eigenvalue weighted by Gasteiger charge is -2.47. The first-order chi connectivity index (χ1) is 30.5. The van der Waals surface area contributed by atoms with Crippen LogP contribution in [-0.4, -0.2) is 81.8 Å². The van der Waals surface area contributed by atoms with Crippen LogP contribution >= 0.6 is 23.2 Å². The second-order valence-electron chi connectivity index (χ2n) is 18.4. The van der Waals surface area contributed by atoms with Gasteiger partial charge in [0.1, 0.15) is 17.1 Å². The Morgan fingerprint density at radius 2 is 1.73 bits per heavy atom. The molecule has 5 fully saturated rings. The van der Waals surface area contributed by atoms with Crippen molar-refractivity contribution >= 4 is 64.1 Å². The van der Waals surface area contributed by atoms with Gasteiger partial charge in [-0.1, -0.05) is 72.5 Å². The topological polar surface area (TPSA) is 140 Å². The lowest BCUT2D eigenvalue weighted by molar-refractivity contribution is -0.125. The molecule has 4 N–H and O–H groups in total. The summed E-state index contributed by atoms with van der Waals surface area (Å²) in [6.45, 7) is 3.25. The minimum atomic E-state index is -1.26. The molecule has 3 saturated heterocycles. The number of likely N-dealkylation sites (tertiary alicyclic amines) is 1. The maximum absolute atomic E-state index is 16.3. The molecule has 2 aliphatic carbocycles. The fourth-order valence-electron chi connectivity index (χ4n) is 11.9. The molecule has 5 amide bonds. The highest BCUT2D eigenvalue weighted by molar-refractivity contribution is 6.31. The summed E-state index contributed by atoms with van der Waals surface area (Å²) in [5, 5.41) is 13.1. The standard InChI is InChI=1S/C48H51Cl2FN8O4/c49-32-13-16-35-37(26-32)54-45(62)48(35)40(34-7-4-8-36(50)41(34)51)42(56-47(48)20-2-1-3-21-47)44(61)53-33-14-10-30(11-15-33)28-57-23-17-29(18-24-57)9-12-31-6-5-22-58-39(27-52-43(31)58)59-25-19-38(60)55-46(59)63/h4-8,13,16,22,26-27,29-30,33,40,42,56H,1-3,10-11,14-15,17-21,23-25,28H2,(H,53,61)(H,54,62)(H,55,60,63)/t30?,33?,40-,42+,48+/m0/s1. The highest BCUT2D eigenvalue weighted by atomic mass is 35.5. The second kappa shape index (κ2) is 16.8. The average molecular weight is 894 g/mol. The van der Waals surface area contributed by atoms with Gasteiger partial charge in [0.15, 0.2) is 5.65 Å². The number of anilines is 2. The molecule has 4 aromatic rings. The van der Waals surface area contributed by atoms with Gasteiger partial charge >= 0.3 is 6.03 Å². The second-order valence-corrected chi connectivity index (χ2v) is 19.2. The number of imide groups is 1. The van der Waals surface area contributed by atoms with Crippen molar-refractivity contribution in [1.82, 2.24) is 30.2 Å². The van der Waals surface area contributed by atoms with Crippen LogP contribution < -0.4 is 26.2 Å². The first kappa shape index (κ1) is 42.0. The normalized spacial score (nSPS) is 27.3. The van der Waals surface area contributed by atoms with Crippen LogP contribution in [0.2, 0.25) is 10.0 Å². The minimum absolute atomic E-state index is 0.0272. The van der Waals surface area contributed by atoms with Crippen molar-refractivity contribution < 1.29 is 23.6 Å².